The second kappa shape index (κ2) is 5.31. The van der Waals surface area contributed by atoms with E-state index in [9.17, 15) is 12.8 Å². The zero-order valence-corrected chi connectivity index (χ0v) is 10.4. The van der Waals surface area contributed by atoms with Gasteiger partial charge in [0.1, 0.15) is 5.82 Å². The first-order chi connectivity index (χ1) is 8.54. The zero-order valence-electron chi connectivity index (χ0n) is 9.62. The molecule has 1 unspecified atom stereocenters. The van der Waals surface area contributed by atoms with Gasteiger partial charge in [-0.1, -0.05) is 0 Å². The van der Waals surface area contributed by atoms with Gasteiger partial charge in [-0.2, -0.15) is 4.31 Å². The van der Waals surface area contributed by atoms with Crippen LogP contribution in [-0.2, 0) is 14.8 Å². The molecule has 0 radical (unpaired) electrons. The van der Waals surface area contributed by atoms with Crippen molar-refractivity contribution in [3.05, 3.63) is 30.1 Å². The highest BCUT2D eigenvalue weighted by Gasteiger charge is 2.30. The van der Waals surface area contributed by atoms with Gasteiger partial charge in [-0.3, -0.25) is 0 Å². The van der Waals surface area contributed by atoms with Gasteiger partial charge in [0.25, 0.3) is 0 Å². The van der Waals surface area contributed by atoms with Crippen molar-refractivity contribution in [3.63, 3.8) is 0 Å². The van der Waals surface area contributed by atoms with Crippen LogP contribution in [0.3, 0.4) is 0 Å². The van der Waals surface area contributed by atoms with Crippen LogP contribution in [0.25, 0.3) is 0 Å². The minimum Gasteiger partial charge on any atom is -0.394 e. The summed E-state index contributed by atoms with van der Waals surface area (Å²) in [6.07, 6.45) is -0.506. The summed E-state index contributed by atoms with van der Waals surface area (Å²) >= 11 is 0. The van der Waals surface area contributed by atoms with Gasteiger partial charge < -0.3 is 9.84 Å². The Hall–Kier alpha value is -1.02. The first-order valence-corrected chi connectivity index (χ1v) is 6.96. The predicted molar refractivity (Wildman–Crippen MR) is 62.0 cm³/mol. The molecule has 0 saturated carbocycles. The fourth-order valence-corrected chi connectivity index (χ4v) is 3.23. The lowest BCUT2D eigenvalue weighted by Gasteiger charge is -2.31. The number of ether oxygens (including phenoxy) is 1. The van der Waals surface area contributed by atoms with Crippen molar-refractivity contribution >= 4 is 10.0 Å². The van der Waals surface area contributed by atoms with Gasteiger partial charge in [0.15, 0.2) is 0 Å². The van der Waals surface area contributed by atoms with Gasteiger partial charge in [-0.15, -0.1) is 0 Å². The summed E-state index contributed by atoms with van der Waals surface area (Å²) in [4.78, 5) is 0.0440. The number of hydrogen-bond acceptors (Lipinski definition) is 4. The van der Waals surface area contributed by atoms with E-state index < -0.39 is 21.9 Å². The highest BCUT2D eigenvalue weighted by molar-refractivity contribution is 7.89. The van der Waals surface area contributed by atoms with E-state index in [1.54, 1.807) is 0 Å². The van der Waals surface area contributed by atoms with E-state index in [-0.39, 0.29) is 31.2 Å². The average molecular weight is 275 g/mol. The molecule has 0 bridgehead atoms. The molecule has 5 nitrogen and oxygen atoms in total. The van der Waals surface area contributed by atoms with Crippen LogP contribution in [0.4, 0.5) is 4.39 Å². The normalized spacial score (nSPS) is 22.0. The Morgan fingerprint density at radius 3 is 2.67 bits per heavy atom. The Labute approximate surface area is 105 Å². The van der Waals surface area contributed by atoms with Crippen LogP contribution in [0.2, 0.25) is 0 Å². The lowest BCUT2D eigenvalue weighted by Crippen LogP contribution is -2.46. The minimum absolute atomic E-state index is 0.0440. The highest BCUT2D eigenvalue weighted by atomic mass is 32.2. The number of sulfonamides is 1. The van der Waals surface area contributed by atoms with Gasteiger partial charge in [0, 0.05) is 13.1 Å². The number of hydrogen-bond donors (Lipinski definition) is 1. The number of morpholine rings is 1. The lowest BCUT2D eigenvalue weighted by molar-refractivity contribution is -0.0304. The molecule has 1 heterocycles. The number of rotatable bonds is 3. The third kappa shape index (κ3) is 2.69. The summed E-state index contributed by atoms with van der Waals surface area (Å²) in [5.41, 5.74) is 0. The van der Waals surface area contributed by atoms with Crippen molar-refractivity contribution < 1.29 is 22.7 Å². The van der Waals surface area contributed by atoms with Gasteiger partial charge in [-0.05, 0) is 24.3 Å². The molecule has 1 N–H and O–H groups in total. The molecule has 2 rings (SSSR count). The number of aliphatic hydroxyl groups is 1. The zero-order chi connectivity index (χ0) is 13.2. The first kappa shape index (κ1) is 13.4. The van der Waals surface area contributed by atoms with Gasteiger partial charge in [0.2, 0.25) is 10.0 Å². The number of benzene rings is 1. The Morgan fingerprint density at radius 2 is 2.06 bits per heavy atom. The molecule has 7 heteroatoms. The summed E-state index contributed by atoms with van der Waals surface area (Å²) in [6.45, 7) is 0.355. The topological polar surface area (TPSA) is 66.8 Å². The summed E-state index contributed by atoms with van der Waals surface area (Å²) < 4.78 is 43.7. The van der Waals surface area contributed by atoms with Crippen LogP contribution in [0.15, 0.2) is 29.2 Å². The smallest absolute Gasteiger partial charge is 0.243 e. The third-order valence-electron chi connectivity index (χ3n) is 2.76. The molecule has 100 valence electrons. The van der Waals surface area contributed by atoms with Crippen LogP contribution in [-0.4, -0.2) is 50.2 Å². The molecule has 1 atom stereocenters. The Bertz CT molecular complexity index is 502. The van der Waals surface area contributed by atoms with E-state index in [0.717, 1.165) is 12.1 Å². The molecule has 1 aliphatic heterocycles. The minimum atomic E-state index is -3.65. The highest BCUT2D eigenvalue weighted by Crippen LogP contribution is 2.18. The number of nitrogens with zero attached hydrogens (tertiary/aromatic N) is 1. The summed E-state index contributed by atoms with van der Waals surface area (Å²) in [5, 5.41) is 8.99. The van der Waals surface area contributed by atoms with Crippen molar-refractivity contribution in [2.45, 2.75) is 11.0 Å². The van der Waals surface area contributed by atoms with E-state index >= 15 is 0 Å². The van der Waals surface area contributed by atoms with Crippen LogP contribution in [0.1, 0.15) is 0 Å². The molecule has 0 aromatic heterocycles. The van der Waals surface area contributed by atoms with Crippen molar-refractivity contribution in [1.82, 2.24) is 4.31 Å². The van der Waals surface area contributed by atoms with E-state index in [2.05, 4.69) is 0 Å². The Morgan fingerprint density at radius 1 is 1.39 bits per heavy atom. The van der Waals surface area contributed by atoms with Gasteiger partial charge >= 0.3 is 0 Å². The molecule has 1 saturated heterocycles. The van der Waals surface area contributed by atoms with E-state index in [1.165, 1.54) is 16.4 Å². The summed E-state index contributed by atoms with van der Waals surface area (Å²) in [5.74, 6) is -0.482. The second-order valence-electron chi connectivity index (χ2n) is 3.99. The molecule has 0 spiro atoms. The molecular weight excluding hydrogens is 261 g/mol. The SMILES string of the molecule is O=S(=O)(c1ccc(F)cc1)N1CCOC(CO)C1. The van der Waals surface area contributed by atoms with Crippen LogP contribution in [0, 0.1) is 5.82 Å². The molecule has 0 amide bonds. The maximum absolute atomic E-state index is 12.8. The molecule has 1 fully saturated rings. The maximum Gasteiger partial charge on any atom is 0.243 e. The Balaban J connectivity index is 2.22. The summed E-state index contributed by atoms with van der Waals surface area (Å²) in [7, 11) is -3.65. The first-order valence-electron chi connectivity index (χ1n) is 5.52. The monoisotopic (exact) mass is 275 g/mol. The van der Waals surface area contributed by atoms with Crippen molar-refractivity contribution in [1.29, 1.82) is 0 Å². The van der Waals surface area contributed by atoms with Gasteiger partial charge in [0.05, 0.1) is 24.2 Å². The second-order valence-corrected chi connectivity index (χ2v) is 5.93. The number of aliphatic hydroxyl groups excluding tert-OH is 1. The molecule has 1 aromatic rings. The lowest BCUT2D eigenvalue weighted by atomic mass is 10.3. The molecule has 1 aromatic carbocycles. The van der Waals surface area contributed by atoms with Gasteiger partial charge in [-0.25, -0.2) is 12.8 Å². The largest absolute Gasteiger partial charge is 0.394 e. The molecule has 18 heavy (non-hydrogen) atoms. The van der Waals surface area contributed by atoms with Crippen molar-refractivity contribution in [2.24, 2.45) is 0 Å². The van der Waals surface area contributed by atoms with E-state index in [0.29, 0.717) is 0 Å². The maximum atomic E-state index is 12.8. The number of halogens is 1. The quantitative estimate of drug-likeness (QED) is 0.856. The predicted octanol–water partition coefficient (Wildman–Crippen LogP) is 0.208. The standard InChI is InChI=1S/C11H14FNO4S/c12-9-1-3-11(4-2-9)18(15,16)13-5-6-17-10(7-13)8-14/h1-4,10,14H,5-8H2. The third-order valence-corrected chi connectivity index (χ3v) is 4.64. The molecular formula is C11H14FNO4S. The van der Waals surface area contributed by atoms with Crippen LogP contribution >= 0.6 is 0 Å². The summed E-state index contributed by atoms with van der Waals surface area (Å²) in [6, 6.07) is 4.68. The van der Waals surface area contributed by atoms with Crippen LogP contribution in [0.5, 0.6) is 0 Å². The van der Waals surface area contributed by atoms with Crippen molar-refractivity contribution in [3.8, 4) is 0 Å². The fourth-order valence-electron chi connectivity index (χ4n) is 1.78. The van der Waals surface area contributed by atoms with E-state index in [4.69, 9.17) is 9.84 Å². The fraction of sp³-hybridized carbons (Fsp3) is 0.455. The average Bonchev–Trinajstić information content (AvgIpc) is 2.39. The van der Waals surface area contributed by atoms with Crippen LogP contribution < -0.4 is 0 Å². The Kier molecular flexibility index (Phi) is 3.96. The molecule has 1 aliphatic rings. The van der Waals surface area contributed by atoms with Crippen molar-refractivity contribution in [2.75, 3.05) is 26.3 Å². The molecule has 0 aliphatic carbocycles. The van der Waals surface area contributed by atoms with E-state index in [1.807, 2.05) is 0 Å².